The van der Waals surface area contributed by atoms with Crippen LogP contribution in [0.25, 0.3) is 0 Å². The van der Waals surface area contributed by atoms with E-state index in [0.717, 1.165) is 0 Å². The fourth-order valence-corrected chi connectivity index (χ4v) is 2.03. The zero-order valence-corrected chi connectivity index (χ0v) is 10.5. The van der Waals surface area contributed by atoms with E-state index in [1.165, 1.54) is 6.07 Å². The van der Waals surface area contributed by atoms with Gasteiger partial charge in [0.05, 0.1) is 0 Å². The maximum atomic E-state index is 13.6. The Balaban J connectivity index is 2.47. The average Bonchev–Trinajstić information content (AvgIpc) is 2.32. The summed E-state index contributed by atoms with van der Waals surface area (Å²) in [7, 11) is 0. The maximum Gasteiger partial charge on any atom is 0.129 e. The van der Waals surface area contributed by atoms with Crippen molar-refractivity contribution in [1.29, 1.82) is 0 Å². The molecule has 0 aromatic heterocycles. The Kier molecular flexibility index (Phi) is 3.45. The summed E-state index contributed by atoms with van der Waals surface area (Å²) in [5, 5.41) is 10.1. The second kappa shape index (κ2) is 4.85. The topological polar surface area (TPSA) is 46.2 Å². The minimum Gasteiger partial charge on any atom is -0.398 e. The van der Waals surface area contributed by atoms with Gasteiger partial charge in [0.1, 0.15) is 11.9 Å². The lowest BCUT2D eigenvalue weighted by Gasteiger charge is -2.14. The molecule has 0 aliphatic heterocycles. The maximum absolute atomic E-state index is 13.6. The van der Waals surface area contributed by atoms with Crippen LogP contribution in [0.15, 0.2) is 46.9 Å². The van der Waals surface area contributed by atoms with Gasteiger partial charge in [-0.1, -0.05) is 34.1 Å². The second-order valence-electron chi connectivity index (χ2n) is 3.70. The van der Waals surface area contributed by atoms with Gasteiger partial charge in [0.15, 0.2) is 0 Å². The zero-order chi connectivity index (χ0) is 12.4. The number of rotatable bonds is 2. The van der Waals surface area contributed by atoms with Crippen LogP contribution in [0.4, 0.5) is 10.1 Å². The number of nitrogens with two attached hydrogens (primary N) is 1. The predicted octanol–water partition coefficient (Wildman–Crippen LogP) is 3.25. The SMILES string of the molecule is Nc1ccccc1C(O)c1cc(Br)ccc1F. The molecule has 88 valence electrons. The van der Waals surface area contributed by atoms with E-state index in [4.69, 9.17) is 5.73 Å². The van der Waals surface area contributed by atoms with Crippen LogP contribution in [0, 0.1) is 5.82 Å². The molecule has 0 aliphatic carbocycles. The van der Waals surface area contributed by atoms with Crippen LogP contribution in [0.5, 0.6) is 0 Å². The third-order valence-electron chi connectivity index (χ3n) is 2.54. The molecule has 3 N–H and O–H groups in total. The molecule has 0 aliphatic rings. The summed E-state index contributed by atoms with van der Waals surface area (Å²) in [4.78, 5) is 0. The highest BCUT2D eigenvalue weighted by molar-refractivity contribution is 9.10. The first kappa shape index (κ1) is 12.1. The molecule has 17 heavy (non-hydrogen) atoms. The van der Waals surface area contributed by atoms with Crippen LogP contribution in [-0.2, 0) is 0 Å². The van der Waals surface area contributed by atoms with Gasteiger partial charge in [0, 0.05) is 21.3 Å². The summed E-state index contributed by atoms with van der Waals surface area (Å²) in [5.74, 6) is -0.455. The van der Waals surface area contributed by atoms with E-state index in [1.807, 2.05) is 0 Å². The summed E-state index contributed by atoms with van der Waals surface area (Å²) in [6, 6.07) is 11.3. The molecule has 0 heterocycles. The number of halogens is 2. The van der Waals surface area contributed by atoms with Crippen molar-refractivity contribution in [1.82, 2.24) is 0 Å². The predicted molar refractivity (Wildman–Crippen MR) is 69.0 cm³/mol. The van der Waals surface area contributed by atoms with Crippen molar-refractivity contribution in [3.63, 3.8) is 0 Å². The number of hydrogen-bond acceptors (Lipinski definition) is 2. The summed E-state index contributed by atoms with van der Waals surface area (Å²) in [6.45, 7) is 0. The molecule has 2 aromatic rings. The quantitative estimate of drug-likeness (QED) is 0.836. The van der Waals surface area contributed by atoms with E-state index >= 15 is 0 Å². The molecule has 4 heteroatoms. The Morgan fingerprint density at radius 3 is 2.53 bits per heavy atom. The molecule has 0 fully saturated rings. The molecule has 0 radical (unpaired) electrons. The van der Waals surface area contributed by atoms with Gasteiger partial charge in [-0.3, -0.25) is 0 Å². The van der Waals surface area contributed by atoms with Crippen LogP contribution < -0.4 is 5.73 Å². The summed E-state index contributed by atoms with van der Waals surface area (Å²) >= 11 is 3.25. The van der Waals surface area contributed by atoms with Gasteiger partial charge in [-0.25, -0.2) is 4.39 Å². The Bertz CT molecular complexity index is 545. The van der Waals surface area contributed by atoms with Crippen LogP contribution in [0.1, 0.15) is 17.2 Å². The van der Waals surface area contributed by atoms with Crippen molar-refractivity contribution >= 4 is 21.6 Å². The largest absolute Gasteiger partial charge is 0.398 e. The van der Waals surface area contributed by atoms with Gasteiger partial charge >= 0.3 is 0 Å². The third kappa shape index (κ3) is 2.48. The van der Waals surface area contributed by atoms with E-state index in [-0.39, 0.29) is 5.56 Å². The Morgan fingerprint density at radius 1 is 1.12 bits per heavy atom. The molecule has 0 bridgehead atoms. The Hall–Kier alpha value is -1.39. The van der Waals surface area contributed by atoms with E-state index in [1.54, 1.807) is 36.4 Å². The van der Waals surface area contributed by atoms with Gasteiger partial charge < -0.3 is 10.8 Å². The first-order valence-electron chi connectivity index (χ1n) is 5.07. The van der Waals surface area contributed by atoms with Crippen molar-refractivity contribution < 1.29 is 9.50 Å². The molecule has 0 amide bonds. The molecular weight excluding hydrogens is 285 g/mol. The lowest BCUT2D eigenvalue weighted by atomic mass is 10.00. The minimum atomic E-state index is -1.06. The Labute approximate surface area is 107 Å². The van der Waals surface area contributed by atoms with Crippen molar-refractivity contribution in [3.8, 4) is 0 Å². The fourth-order valence-electron chi connectivity index (χ4n) is 1.65. The van der Waals surface area contributed by atoms with Gasteiger partial charge in [-0.2, -0.15) is 0 Å². The standard InChI is InChI=1S/C13H11BrFNO/c14-8-5-6-11(15)10(7-8)13(17)9-3-1-2-4-12(9)16/h1-7,13,17H,16H2. The average molecular weight is 296 g/mol. The smallest absolute Gasteiger partial charge is 0.129 e. The van der Waals surface area contributed by atoms with Crippen molar-refractivity contribution in [2.24, 2.45) is 0 Å². The molecule has 2 nitrogen and oxygen atoms in total. The third-order valence-corrected chi connectivity index (χ3v) is 3.04. The highest BCUT2D eigenvalue weighted by atomic mass is 79.9. The lowest BCUT2D eigenvalue weighted by Crippen LogP contribution is -2.05. The molecule has 2 aromatic carbocycles. The van der Waals surface area contributed by atoms with Crippen molar-refractivity contribution in [3.05, 3.63) is 63.9 Å². The number of aliphatic hydroxyl groups excluding tert-OH is 1. The van der Waals surface area contributed by atoms with Gasteiger partial charge in [0.2, 0.25) is 0 Å². The van der Waals surface area contributed by atoms with E-state index < -0.39 is 11.9 Å². The molecule has 1 unspecified atom stereocenters. The van der Waals surface area contributed by atoms with Crippen LogP contribution in [-0.4, -0.2) is 5.11 Å². The highest BCUT2D eigenvalue weighted by Crippen LogP contribution is 2.29. The monoisotopic (exact) mass is 295 g/mol. The number of nitrogen functional groups attached to an aromatic ring is 1. The summed E-state index contributed by atoms with van der Waals surface area (Å²) < 4.78 is 14.3. The number of hydrogen-bond donors (Lipinski definition) is 2. The number of anilines is 1. The lowest BCUT2D eigenvalue weighted by molar-refractivity contribution is 0.215. The van der Waals surface area contributed by atoms with Crippen LogP contribution in [0.2, 0.25) is 0 Å². The normalized spacial score (nSPS) is 12.4. The van der Waals surface area contributed by atoms with Crippen LogP contribution >= 0.6 is 15.9 Å². The van der Waals surface area contributed by atoms with E-state index in [9.17, 15) is 9.50 Å². The molecule has 2 rings (SSSR count). The molecule has 0 saturated heterocycles. The van der Waals surface area contributed by atoms with Crippen molar-refractivity contribution in [2.45, 2.75) is 6.10 Å². The Morgan fingerprint density at radius 2 is 1.82 bits per heavy atom. The first-order valence-corrected chi connectivity index (χ1v) is 5.86. The van der Waals surface area contributed by atoms with Gasteiger partial charge in [0.25, 0.3) is 0 Å². The van der Waals surface area contributed by atoms with E-state index in [2.05, 4.69) is 15.9 Å². The number of para-hydroxylation sites is 1. The highest BCUT2D eigenvalue weighted by Gasteiger charge is 2.17. The number of benzene rings is 2. The van der Waals surface area contributed by atoms with Crippen LogP contribution in [0.3, 0.4) is 0 Å². The van der Waals surface area contributed by atoms with Crippen molar-refractivity contribution in [2.75, 3.05) is 5.73 Å². The second-order valence-corrected chi connectivity index (χ2v) is 4.61. The molecular formula is C13H11BrFNO. The minimum absolute atomic E-state index is 0.206. The fraction of sp³-hybridized carbons (Fsp3) is 0.0769. The van der Waals surface area contributed by atoms with E-state index in [0.29, 0.717) is 15.7 Å². The number of aliphatic hydroxyl groups is 1. The van der Waals surface area contributed by atoms with Gasteiger partial charge in [-0.05, 0) is 24.3 Å². The summed E-state index contributed by atoms with van der Waals surface area (Å²) in [6.07, 6.45) is -1.06. The zero-order valence-electron chi connectivity index (χ0n) is 8.90. The van der Waals surface area contributed by atoms with Gasteiger partial charge in [-0.15, -0.1) is 0 Å². The molecule has 1 atom stereocenters. The molecule has 0 saturated carbocycles. The molecule has 0 spiro atoms. The first-order chi connectivity index (χ1) is 8.09. The summed E-state index contributed by atoms with van der Waals surface area (Å²) in [5.41, 5.74) is 6.91.